The van der Waals surface area contributed by atoms with E-state index in [0.29, 0.717) is 17.5 Å². The maximum absolute atomic E-state index is 5.49. The van der Waals surface area contributed by atoms with E-state index >= 15 is 0 Å². The fraction of sp³-hybridized carbons (Fsp3) is 0.455. The van der Waals surface area contributed by atoms with Crippen molar-refractivity contribution in [1.29, 1.82) is 0 Å². The number of aromatic nitrogens is 5. The van der Waals surface area contributed by atoms with Gasteiger partial charge in [0, 0.05) is 5.56 Å². The van der Waals surface area contributed by atoms with Gasteiger partial charge in [-0.1, -0.05) is 13.8 Å². The Hall–Kier alpha value is -2.02. The molecule has 0 aliphatic rings. The van der Waals surface area contributed by atoms with Gasteiger partial charge in [0.2, 0.25) is 0 Å². The summed E-state index contributed by atoms with van der Waals surface area (Å²) in [5.41, 5.74) is 3.52. The molecule has 0 unspecified atom stereocenters. The minimum atomic E-state index is 0.219. The molecule has 96 valence electrons. The number of nitrogens with two attached hydrogens (primary N) is 1. The van der Waals surface area contributed by atoms with Gasteiger partial charge in [0.05, 0.1) is 0 Å². The molecule has 0 saturated carbocycles. The number of hydrazine groups is 1. The van der Waals surface area contributed by atoms with Gasteiger partial charge in [0.25, 0.3) is 0 Å². The number of hydrogen-bond donors (Lipinski definition) is 2. The molecule has 18 heavy (non-hydrogen) atoms. The van der Waals surface area contributed by atoms with Crippen LogP contribution in [0.2, 0.25) is 0 Å². The molecule has 0 aliphatic heterocycles. The normalized spacial score (nSPS) is 11.0. The lowest BCUT2D eigenvalue weighted by Gasteiger charge is -2.15. The number of nitrogen functional groups attached to an aromatic ring is 1. The lowest BCUT2D eigenvalue weighted by atomic mass is 10.0. The molecule has 2 heterocycles. The number of hydrogen-bond acceptors (Lipinski definition) is 6. The molecule has 0 aliphatic carbocycles. The van der Waals surface area contributed by atoms with Crippen molar-refractivity contribution in [2.24, 2.45) is 5.84 Å². The van der Waals surface area contributed by atoms with Crippen LogP contribution in [0, 0.1) is 13.8 Å². The second-order valence-electron chi connectivity index (χ2n) is 4.38. The van der Waals surface area contributed by atoms with Gasteiger partial charge in [-0.05, 0) is 19.8 Å². The van der Waals surface area contributed by atoms with Crippen LogP contribution in [0.1, 0.15) is 37.0 Å². The van der Waals surface area contributed by atoms with E-state index in [4.69, 9.17) is 5.84 Å². The Bertz CT molecular complexity index is 559. The number of aryl methyl sites for hydroxylation is 2. The van der Waals surface area contributed by atoms with Gasteiger partial charge in [0.1, 0.15) is 23.8 Å². The molecule has 0 spiro atoms. The predicted octanol–water partition coefficient (Wildman–Crippen LogP) is 1.08. The molecule has 0 atom stereocenters. The van der Waals surface area contributed by atoms with Crippen molar-refractivity contribution in [3.8, 4) is 5.82 Å². The van der Waals surface area contributed by atoms with Crippen molar-refractivity contribution in [3.63, 3.8) is 0 Å². The van der Waals surface area contributed by atoms with E-state index in [1.54, 1.807) is 4.68 Å². The van der Waals surface area contributed by atoms with E-state index in [-0.39, 0.29) is 5.92 Å². The maximum Gasteiger partial charge on any atom is 0.164 e. The predicted molar refractivity (Wildman–Crippen MR) is 68.3 cm³/mol. The molecular weight excluding hydrogens is 230 g/mol. The molecule has 0 saturated heterocycles. The Balaban J connectivity index is 2.67. The van der Waals surface area contributed by atoms with Crippen LogP contribution in [0.3, 0.4) is 0 Å². The zero-order chi connectivity index (χ0) is 13.3. The van der Waals surface area contributed by atoms with Gasteiger partial charge < -0.3 is 5.43 Å². The lowest BCUT2D eigenvalue weighted by Crippen LogP contribution is -2.16. The van der Waals surface area contributed by atoms with Crippen LogP contribution in [-0.2, 0) is 0 Å². The summed E-state index contributed by atoms with van der Waals surface area (Å²) in [5, 5.41) is 4.35. The number of anilines is 1. The van der Waals surface area contributed by atoms with E-state index in [1.165, 1.54) is 6.33 Å². The molecule has 0 fully saturated rings. The maximum atomic E-state index is 5.49. The fourth-order valence-electron chi connectivity index (χ4n) is 1.92. The van der Waals surface area contributed by atoms with Gasteiger partial charge in [-0.2, -0.15) is 4.68 Å². The summed E-state index contributed by atoms with van der Waals surface area (Å²) in [4.78, 5) is 12.7. The highest BCUT2D eigenvalue weighted by atomic mass is 15.4. The summed E-state index contributed by atoms with van der Waals surface area (Å²) >= 11 is 0. The summed E-state index contributed by atoms with van der Waals surface area (Å²) in [6.07, 6.45) is 1.47. The van der Waals surface area contributed by atoms with Gasteiger partial charge in [-0.25, -0.2) is 20.8 Å². The second kappa shape index (κ2) is 4.69. The average Bonchev–Trinajstić information content (AvgIpc) is 2.67. The van der Waals surface area contributed by atoms with Gasteiger partial charge in [0.15, 0.2) is 5.82 Å². The van der Waals surface area contributed by atoms with Crippen LogP contribution >= 0.6 is 0 Å². The van der Waals surface area contributed by atoms with E-state index in [9.17, 15) is 0 Å². The number of nitrogens with zero attached hydrogens (tertiary/aromatic N) is 5. The molecule has 7 heteroatoms. The smallest absolute Gasteiger partial charge is 0.164 e. The number of rotatable bonds is 3. The molecule has 0 radical (unpaired) electrons. The van der Waals surface area contributed by atoms with Crippen molar-refractivity contribution in [2.75, 3.05) is 5.43 Å². The third kappa shape index (κ3) is 2.04. The van der Waals surface area contributed by atoms with Crippen molar-refractivity contribution in [2.45, 2.75) is 33.6 Å². The Morgan fingerprint density at radius 3 is 2.50 bits per heavy atom. The van der Waals surface area contributed by atoms with Crippen LogP contribution in [-0.4, -0.2) is 24.7 Å². The summed E-state index contributed by atoms with van der Waals surface area (Å²) in [7, 11) is 0. The fourth-order valence-corrected chi connectivity index (χ4v) is 1.92. The van der Waals surface area contributed by atoms with Gasteiger partial charge in [-0.15, -0.1) is 5.10 Å². The van der Waals surface area contributed by atoms with Crippen molar-refractivity contribution >= 4 is 5.82 Å². The van der Waals surface area contributed by atoms with Crippen LogP contribution in [0.25, 0.3) is 5.82 Å². The Morgan fingerprint density at radius 1 is 1.28 bits per heavy atom. The largest absolute Gasteiger partial charge is 0.308 e. The van der Waals surface area contributed by atoms with E-state index < -0.39 is 0 Å². The summed E-state index contributed by atoms with van der Waals surface area (Å²) < 4.78 is 1.72. The minimum Gasteiger partial charge on any atom is -0.308 e. The molecule has 0 bridgehead atoms. The first-order chi connectivity index (χ1) is 8.54. The summed E-state index contributed by atoms with van der Waals surface area (Å²) in [6, 6.07) is 0. The molecule has 2 rings (SSSR count). The van der Waals surface area contributed by atoms with Crippen LogP contribution in [0.5, 0.6) is 0 Å². The van der Waals surface area contributed by atoms with E-state index in [1.807, 2.05) is 13.8 Å². The second-order valence-corrected chi connectivity index (χ2v) is 4.38. The van der Waals surface area contributed by atoms with Crippen molar-refractivity contribution < 1.29 is 0 Å². The minimum absolute atomic E-state index is 0.219. The Labute approximate surface area is 105 Å². The molecule has 3 N–H and O–H groups in total. The highest BCUT2D eigenvalue weighted by Crippen LogP contribution is 2.26. The third-order valence-corrected chi connectivity index (χ3v) is 2.65. The molecule has 2 aromatic heterocycles. The van der Waals surface area contributed by atoms with E-state index in [2.05, 4.69) is 39.3 Å². The van der Waals surface area contributed by atoms with Crippen molar-refractivity contribution in [1.82, 2.24) is 24.7 Å². The first kappa shape index (κ1) is 12.4. The summed E-state index contributed by atoms with van der Waals surface area (Å²) in [6.45, 7) is 7.86. The highest BCUT2D eigenvalue weighted by Gasteiger charge is 2.18. The first-order valence-electron chi connectivity index (χ1n) is 5.76. The SMILES string of the molecule is Cc1nc(C)n(-c2ncnc(NN)c2C(C)C)n1. The quantitative estimate of drug-likeness (QED) is 0.622. The monoisotopic (exact) mass is 247 g/mol. The standard InChI is InChI=1S/C11H17N7/c1-6(2)9-10(16-12)13-5-14-11(9)18-8(4)15-7(3)17-18/h5-6H,12H2,1-4H3,(H,13,14,16). The average molecular weight is 247 g/mol. The molecule has 0 amide bonds. The third-order valence-electron chi connectivity index (χ3n) is 2.65. The van der Waals surface area contributed by atoms with Gasteiger partial charge in [-0.3, -0.25) is 0 Å². The van der Waals surface area contributed by atoms with Crippen LogP contribution < -0.4 is 11.3 Å². The molecule has 2 aromatic rings. The van der Waals surface area contributed by atoms with Gasteiger partial charge >= 0.3 is 0 Å². The zero-order valence-corrected chi connectivity index (χ0v) is 11.0. The summed E-state index contributed by atoms with van der Waals surface area (Å²) in [5.74, 6) is 8.54. The molecular formula is C11H17N7. The first-order valence-corrected chi connectivity index (χ1v) is 5.76. The Kier molecular flexibility index (Phi) is 3.24. The van der Waals surface area contributed by atoms with Crippen LogP contribution in [0.15, 0.2) is 6.33 Å². The van der Waals surface area contributed by atoms with Crippen LogP contribution in [0.4, 0.5) is 5.82 Å². The van der Waals surface area contributed by atoms with Crippen molar-refractivity contribution in [3.05, 3.63) is 23.5 Å². The Morgan fingerprint density at radius 2 is 2.00 bits per heavy atom. The number of nitrogens with one attached hydrogen (secondary N) is 1. The zero-order valence-electron chi connectivity index (χ0n) is 11.0. The molecule has 7 nitrogen and oxygen atoms in total. The van der Waals surface area contributed by atoms with E-state index in [0.717, 1.165) is 11.4 Å². The topological polar surface area (TPSA) is 94.5 Å². The lowest BCUT2D eigenvalue weighted by molar-refractivity contribution is 0.751. The highest BCUT2D eigenvalue weighted by molar-refractivity contribution is 5.52. The molecule has 0 aromatic carbocycles.